The quantitative estimate of drug-likeness (QED) is 0.509. The number of rotatable bonds is 6. The Labute approximate surface area is 155 Å². The summed E-state index contributed by atoms with van der Waals surface area (Å²) in [5.74, 6) is 1.14. The second kappa shape index (κ2) is 7.42. The monoisotopic (exact) mass is 385 g/mol. The lowest BCUT2D eigenvalue weighted by atomic mass is 10.2. The number of aromatic nitrogens is 1. The van der Waals surface area contributed by atoms with Gasteiger partial charge in [-0.2, -0.15) is 0 Å². The summed E-state index contributed by atoms with van der Waals surface area (Å²) in [5, 5.41) is 11.0. The number of benzene rings is 2. The highest BCUT2D eigenvalue weighted by Crippen LogP contribution is 2.27. The molecule has 138 valence electrons. The highest BCUT2D eigenvalue weighted by atomic mass is 32.2. The van der Waals surface area contributed by atoms with Crippen LogP contribution in [0.25, 0.3) is 0 Å². The Morgan fingerprint density at radius 2 is 1.74 bits per heavy atom. The standard InChI is InChI=1S/C18H15N3O5S/c1-13-16(21(22)23)8-5-9-17(13)27(24,25)20-18-11-10-15(12-19-18)26-14-6-3-2-4-7-14/h2-12H,1H3,(H,19,20). The molecule has 0 spiro atoms. The van der Waals surface area contributed by atoms with E-state index in [0.717, 1.165) is 0 Å². The molecule has 3 aromatic rings. The van der Waals surface area contributed by atoms with Crippen LogP contribution in [0.4, 0.5) is 11.5 Å². The molecule has 0 atom stereocenters. The fraction of sp³-hybridized carbons (Fsp3) is 0.0556. The summed E-state index contributed by atoms with van der Waals surface area (Å²) >= 11 is 0. The number of anilines is 1. The number of sulfonamides is 1. The minimum absolute atomic E-state index is 0.0547. The second-order valence-electron chi connectivity index (χ2n) is 5.56. The molecule has 0 unspecified atom stereocenters. The number of nitro benzene ring substituents is 1. The number of hydrogen-bond acceptors (Lipinski definition) is 6. The Hall–Kier alpha value is -3.46. The van der Waals surface area contributed by atoms with Crippen molar-refractivity contribution in [2.75, 3.05) is 4.72 Å². The van der Waals surface area contributed by atoms with E-state index in [1.165, 1.54) is 37.4 Å². The van der Waals surface area contributed by atoms with E-state index in [1.54, 1.807) is 18.2 Å². The Bertz CT molecular complexity index is 1070. The molecule has 0 aliphatic carbocycles. The lowest BCUT2D eigenvalue weighted by Gasteiger charge is -2.10. The first-order chi connectivity index (χ1) is 12.9. The van der Waals surface area contributed by atoms with Crippen molar-refractivity contribution in [3.8, 4) is 11.5 Å². The van der Waals surface area contributed by atoms with Gasteiger partial charge in [0.2, 0.25) is 0 Å². The molecule has 1 N–H and O–H groups in total. The molecule has 0 saturated carbocycles. The van der Waals surface area contributed by atoms with E-state index in [0.29, 0.717) is 11.5 Å². The third kappa shape index (κ3) is 4.21. The van der Waals surface area contributed by atoms with Gasteiger partial charge in [-0.1, -0.05) is 24.3 Å². The summed E-state index contributed by atoms with van der Waals surface area (Å²) in [5.41, 5.74) is -0.212. The zero-order valence-corrected chi connectivity index (χ0v) is 15.0. The van der Waals surface area contributed by atoms with Crippen molar-refractivity contribution in [3.05, 3.63) is 82.5 Å². The van der Waals surface area contributed by atoms with Crippen molar-refractivity contribution in [3.63, 3.8) is 0 Å². The largest absolute Gasteiger partial charge is 0.456 e. The topological polar surface area (TPSA) is 111 Å². The van der Waals surface area contributed by atoms with Crippen LogP contribution >= 0.6 is 0 Å². The molecule has 3 rings (SSSR count). The smallest absolute Gasteiger partial charge is 0.273 e. The van der Waals surface area contributed by atoms with Crippen LogP contribution in [0.15, 0.2) is 71.8 Å². The van der Waals surface area contributed by atoms with Crippen LogP contribution in [0.5, 0.6) is 11.5 Å². The molecule has 0 fully saturated rings. The van der Waals surface area contributed by atoms with Gasteiger partial charge in [0.1, 0.15) is 17.3 Å². The van der Waals surface area contributed by atoms with Crippen molar-refractivity contribution in [2.24, 2.45) is 0 Å². The number of nitrogens with one attached hydrogen (secondary N) is 1. The molecule has 2 aromatic carbocycles. The molecule has 0 aliphatic heterocycles. The average Bonchev–Trinajstić information content (AvgIpc) is 2.64. The van der Waals surface area contributed by atoms with Crippen LogP contribution in [0.1, 0.15) is 5.56 Å². The summed E-state index contributed by atoms with van der Waals surface area (Å²) in [6.07, 6.45) is 1.38. The van der Waals surface area contributed by atoms with Crippen LogP contribution in [-0.2, 0) is 10.0 Å². The van der Waals surface area contributed by atoms with Crippen molar-refractivity contribution in [1.29, 1.82) is 0 Å². The predicted octanol–water partition coefficient (Wildman–Crippen LogP) is 3.89. The summed E-state index contributed by atoms with van der Waals surface area (Å²) in [7, 11) is -4.03. The summed E-state index contributed by atoms with van der Waals surface area (Å²) in [4.78, 5) is 14.2. The van der Waals surface area contributed by atoms with E-state index < -0.39 is 14.9 Å². The van der Waals surface area contributed by atoms with Crippen LogP contribution in [-0.4, -0.2) is 18.3 Å². The van der Waals surface area contributed by atoms with E-state index >= 15 is 0 Å². The summed E-state index contributed by atoms with van der Waals surface area (Å²) in [6, 6.07) is 16.0. The van der Waals surface area contributed by atoms with E-state index in [2.05, 4.69) is 9.71 Å². The second-order valence-corrected chi connectivity index (χ2v) is 7.21. The minimum atomic E-state index is -4.03. The number of hydrogen-bond donors (Lipinski definition) is 1. The molecule has 27 heavy (non-hydrogen) atoms. The first-order valence-electron chi connectivity index (χ1n) is 7.82. The fourth-order valence-electron chi connectivity index (χ4n) is 2.41. The van der Waals surface area contributed by atoms with Crippen LogP contribution in [0, 0.1) is 17.0 Å². The Morgan fingerprint density at radius 3 is 2.37 bits per heavy atom. The van der Waals surface area contributed by atoms with E-state index in [1.807, 2.05) is 18.2 Å². The normalized spacial score (nSPS) is 11.0. The maximum atomic E-state index is 12.6. The number of nitrogens with zero attached hydrogens (tertiary/aromatic N) is 2. The maximum absolute atomic E-state index is 12.6. The van der Waals surface area contributed by atoms with Gasteiger partial charge >= 0.3 is 0 Å². The minimum Gasteiger partial charge on any atom is -0.456 e. The first-order valence-corrected chi connectivity index (χ1v) is 9.31. The van der Waals surface area contributed by atoms with Crippen molar-refractivity contribution in [1.82, 2.24) is 4.98 Å². The number of ether oxygens (including phenoxy) is 1. The Balaban J connectivity index is 1.80. The number of nitro groups is 1. The molecule has 1 aromatic heterocycles. The van der Waals surface area contributed by atoms with Gasteiger partial charge in [-0.3, -0.25) is 14.8 Å². The van der Waals surface area contributed by atoms with Gasteiger partial charge in [-0.25, -0.2) is 13.4 Å². The SMILES string of the molecule is Cc1c([N+](=O)[O-])cccc1S(=O)(=O)Nc1ccc(Oc2ccccc2)cn1. The van der Waals surface area contributed by atoms with E-state index in [4.69, 9.17) is 4.74 Å². The molecular formula is C18H15N3O5S. The zero-order valence-electron chi connectivity index (χ0n) is 14.2. The molecule has 0 radical (unpaired) electrons. The van der Waals surface area contributed by atoms with Crippen LogP contribution in [0.2, 0.25) is 0 Å². The first kappa shape index (κ1) is 18.3. The van der Waals surface area contributed by atoms with Crippen LogP contribution < -0.4 is 9.46 Å². The van der Waals surface area contributed by atoms with Gasteiger partial charge in [0.05, 0.1) is 16.0 Å². The maximum Gasteiger partial charge on any atom is 0.273 e. The number of pyridine rings is 1. The van der Waals surface area contributed by atoms with Crippen LogP contribution in [0.3, 0.4) is 0 Å². The lowest BCUT2D eigenvalue weighted by molar-refractivity contribution is -0.385. The van der Waals surface area contributed by atoms with Gasteiger partial charge in [-0.15, -0.1) is 0 Å². The molecule has 1 heterocycles. The van der Waals surface area contributed by atoms with Crippen molar-refractivity contribution in [2.45, 2.75) is 11.8 Å². The predicted molar refractivity (Wildman–Crippen MR) is 99.4 cm³/mol. The third-order valence-corrected chi connectivity index (χ3v) is 5.20. The Morgan fingerprint density at radius 1 is 1.00 bits per heavy atom. The third-order valence-electron chi connectivity index (χ3n) is 3.70. The summed E-state index contributed by atoms with van der Waals surface area (Å²) in [6.45, 7) is 1.39. The lowest BCUT2D eigenvalue weighted by Crippen LogP contribution is -2.15. The van der Waals surface area contributed by atoms with Gasteiger partial charge in [0.25, 0.3) is 15.7 Å². The number of para-hydroxylation sites is 1. The van der Waals surface area contributed by atoms with Gasteiger partial charge < -0.3 is 4.74 Å². The molecule has 0 amide bonds. The van der Waals surface area contributed by atoms with Crippen molar-refractivity contribution >= 4 is 21.5 Å². The molecule has 9 heteroatoms. The van der Waals surface area contributed by atoms with Gasteiger partial charge in [-0.05, 0) is 37.3 Å². The van der Waals surface area contributed by atoms with Crippen molar-refractivity contribution < 1.29 is 18.1 Å². The molecule has 0 aliphatic rings. The molecule has 8 nitrogen and oxygen atoms in total. The highest BCUT2D eigenvalue weighted by Gasteiger charge is 2.23. The van der Waals surface area contributed by atoms with Gasteiger partial charge in [0.15, 0.2) is 0 Å². The molecule has 0 saturated heterocycles. The van der Waals surface area contributed by atoms with Gasteiger partial charge in [0, 0.05) is 11.6 Å². The van der Waals surface area contributed by atoms with E-state index in [-0.39, 0.29) is 22.0 Å². The zero-order chi connectivity index (χ0) is 19.4. The fourth-order valence-corrected chi connectivity index (χ4v) is 3.68. The average molecular weight is 385 g/mol. The molecule has 0 bridgehead atoms. The van der Waals surface area contributed by atoms with E-state index in [9.17, 15) is 18.5 Å². The molecular weight excluding hydrogens is 370 g/mol. The Kier molecular flexibility index (Phi) is 5.04. The highest BCUT2D eigenvalue weighted by molar-refractivity contribution is 7.92. The summed E-state index contributed by atoms with van der Waals surface area (Å²) < 4.78 is 33.0.